The van der Waals surface area contributed by atoms with Crippen molar-refractivity contribution in [2.75, 3.05) is 11.5 Å². The third kappa shape index (κ3) is 2.66. The molecule has 0 aromatic rings. The Hall–Kier alpha value is 0.310. The summed E-state index contributed by atoms with van der Waals surface area (Å²) in [6.07, 6.45) is 5.67. The van der Waals surface area contributed by atoms with E-state index < -0.39 is 0 Å². The number of hydrogen-bond donors (Lipinski definition) is 1. The smallest absolute Gasteiger partial charge is 0.0168 e. The van der Waals surface area contributed by atoms with E-state index in [2.05, 4.69) is 30.9 Å². The predicted octanol–water partition coefficient (Wildman–Crippen LogP) is 2.91. The zero-order valence-electron chi connectivity index (χ0n) is 9.46. The van der Waals surface area contributed by atoms with Crippen LogP contribution in [0.2, 0.25) is 0 Å². The lowest BCUT2D eigenvalue weighted by Gasteiger charge is -2.35. The first kappa shape index (κ1) is 10.8. The van der Waals surface area contributed by atoms with Crippen molar-refractivity contribution < 1.29 is 0 Å². The maximum atomic E-state index is 3.88. The molecule has 0 aromatic heterocycles. The van der Waals surface area contributed by atoms with Gasteiger partial charge >= 0.3 is 0 Å². The normalized spacial score (nSPS) is 44.1. The van der Waals surface area contributed by atoms with Gasteiger partial charge in [-0.05, 0) is 36.9 Å². The van der Waals surface area contributed by atoms with E-state index in [4.69, 9.17) is 0 Å². The van der Waals surface area contributed by atoms with Crippen molar-refractivity contribution in [1.82, 2.24) is 5.32 Å². The van der Waals surface area contributed by atoms with Crippen molar-refractivity contribution in [2.24, 2.45) is 11.8 Å². The van der Waals surface area contributed by atoms with Gasteiger partial charge in [-0.3, -0.25) is 0 Å². The molecule has 14 heavy (non-hydrogen) atoms. The van der Waals surface area contributed by atoms with Gasteiger partial charge in [0.05, 0.1) is 0 Å². The fourth-order valence-electron chi connectivity index (χ4n) is 2.73. The summed E-state index contributed by atoms with van der Waals surface area (Å²) in [5, 5.41) is 3.88. The monoisotopic (exact) mass is 213 g/mol. The molecular weight excluding hydrogens is 190 g/mol. The summed E-state index contributed by atoms with van der Waals surface area (Å²) in [5.41, 5.74) is 0. The molecule has 1 nitrogen and oxygen atoms in total. The molecule has 2 aliphatic rings. The van der Waals surface area contributed by atoms with Gasteiger partial charge in [0.1, 0.15) is 0 Å². The predicted molar refractivity (Wildman–Crippen MR) is 64.8 cm³/mol. The third-order valence-corrected chi connectivity index (χ3v) is 5.00. The third-order valence-electron chi connectivity index (χ3n) is 3.84. The van der Waals surface area contributed by atoms with Crippen molar-refractivity contribution in [1.29, 1.82) is 0 Å². The Morgan fingerprint density at radius 2 is 2.00 bits per heavy atom. The van der Waals surface area contributed by atoms with Gasteiger partial charge < -0.3 is 5.32 Å². The average molecular weight is 213 g/mol. The number of nitrogens with one attached hydrogen (secondary N) is 1. The molecule has 0 radical (unpaired) electrons. The first-order chi connectivity index (χ1) is 6.75. The van der Waals surface area contributed by atoms with Crippen molar-refractivity contribution in [3.8, 4) is 0 Å². The SMILES string of the molecule is CC1CCC(C)C(NC2CCSC2)C1. The maximum Gasteiger partial charge on any atom is 0.0168 e. The van der Waals surface area contributed by atoms with Gasteiger partial charge in [-0.25, -0.2) is 0 Å². The Kier molecular flexibility index (Phi) is 3.78. The molecule has 1 aliphatic carbocycles. The number of rotatable bonds is 2. The van der Waals surface area contributed by atoms with E-state index in [1.807, 2.05) is 0 Å². The van der Waals surface area contributed by atoms with Crippen molar-refractivity contribution in [2.45, 2.75) is 51.6 Å². The van der Waals surface area contributed by atoms with E-state index in [0.717, 1.165) is 23.9 Å². The van der Waals surface area contributed by atoms with Gasteiger partial charge in [0.25, 0.3) is 0 Å². The molecule has 1 saturated heterocycles. The van der Waals surface area contributed by atoms with Crippen LogP contribution in [0.15, 0.2) is 0 Å². The molecule has 1 N–H and O–H groups in total. The second kappa shape index (κ2) is 4.89. The van der Waals surface area contributed by atoms with Crippen LogP contribution in [0, 0.1) is 11.8 Å². The van der Waals surface area contributed by atoms with Crippen LogP contribution in [0.4, 0.5) is 0 Å². The van der Waals surface area contributed by atoms with E-state index in [0.29, 0.717) is 0 Å². The Morgan fingerprint density at radius 3 is 2.71 bits per heavy atom. The summed E-state index contributed by atoms with van der Waals surface area (Å²) >= 11 is 2.11. The van der Waals surface area contributed by atoms with Crippen LogP contribution in [0.1, 0.15) is 39.5 Å². The molecule has 4 unspecified atom stereocenters. The summed E-state index contributed by atoms with van der Waals surface area (Å²) in [4.78, 5) is 0. The summed E-state index contributed by atoms with van der Waals surface area (Å²) in [7, 11) is 0. The van der Waals surface area contributed by atoms with E-state index in [1.165, 1.54) is 37.2 Å². The zero-order chi connectivity index (χ0) is 9.97. The van der Waals surface area contributed by atoms with Crippen LogP contribution in [-0.2, 0) is 0 Å². The Morgan fingerprint density at radius 1 is 1.14 bits per heavy atom. The van der Waals surface area contributed by atoms with Crippen LogP contribution in [0.25, 0.3) is 0 Å². The molecule has 2 rings (SSSR count). The standard InChI is InChI=1S/C12H23NS/c1-9-3-4-10(2)12(7-9)13-11-5-6-14-8-11/h9-13H,3-8H2,1-2H3. The number of thioether (sulfide) groups is 1. The van der Waals surface area contributed by atoms with Gasteiger partial charge in [-0.2, -0.15) is 11.8 Å². The Labute approximate surface area is 92.4 Å². The summed E-state index contributed by atoms with van der Waals surface area (Å²) in [5.74, 6) is 4.56. The zero-order valence-corrected chi connectivity index (χ0v) is 10.3. The highest BCUT2D eigenvalue weighted by molar-refractivity contribution is 7.99. The highest BCUT2D eigenvalue weighted by Crippen LogP contribution is 2.29. The van der Waals surface area contributed by atoms with Crippen LogP contribution in [-0.4, -0.2) is 23.6 Å². The largest absolute Gasteiger partial charge is 0.310 e. The summed E-state index contributed by atoms with van der Waals surface area (Å²) in [6.45, 7) is 4.83. The first-order valence-corrected chi connectivity index (χ1v) is 7.25. The number of hydrogen-bond acceptors (Lipinski definition) is 2. The molecular formula is C12H23NS. The average Bonchev–Trinajstić information content (AvgIpc) is 2.64. The molecule has 0 bridgehead atoms. The maximum absolute atomic E-state index is 3.88. The molecule has 0 spiro atoms. The van der Waals surface area contributed by atoms with Gasteiger partial charge in [-0.1, -0.05) is 20.3 Å². The van der Waals surface area contributed by atoms with E-state index in [9.17, 15) is 0 Å². The van der Waals surface area contributed by atoms with Gasteiger partial charge in [0, 0.05) is 17.8 Å². The second-order valence-corrected chi connectivity index (χ2v) is 6.38. The molecule has 82 valence electrons. The molecule has 1 saturated carbocycles. The van der Waals surface area contributed by atoms with Crippen molar-refractivity contribution in [3.63, 3.8) is 0 Å². The molecule has 2 heteroatoms. The van der Waals surface area contributed by atoms with Gasteiger partial charge in [0.2, 0.25) is 0 Å². The molecule has 0 amide bonds. The quantitative estimate of drug-likeness (QED) is 0.757. The van der Waals surface area contributed by atoms with Gasteiger partial charge in [-0.15, -0.1) is 0 Å². The highest BCUT2D eigenvalue weighted by Gasteiger charge is 2.28. The van der Waals surface area contributed by atoms with Crippen LogP contribution >= 0.6 is 11.8 Å². The van der Waals surface area contributed by atoms with Crippen molar-refractivity contribution in [3.05, 3.63) is 0 Å². The fourth-order valence-corrected chi connectivity index (χ4v) is 3.90. The molecule has 2 fully saturated rings. The minimum atomic E-state index is 0.808. The Balaban J connectivity index is 1.82. The lowest BCUT2D eigenvalue weighted by atomic mass is 9.80. The van der Waals surface area contributed by atoms with E-state index in [-0.39, 0.29) is 0 Å². The van der Waals surface area contributed by atoms with E-state index >= 15 is 0 Å². The summed E-state index contributed by atoms with van der Waals surface area (Å²) < 4.78 is 0. The minimum Gasteiger partial charge on any atom is -0.310 e. The molecule has 4 atom stereocenters. The summed E-state index contributed by atoms with van der Waals surface area (Å²) in [6, 6.07) is 1.63. The van der Waals surface area contributed by atoms with E-state index in [1.54, 1.807) is 0 Å². The van der Waals surface area contributed by atoms with Gasteiger partial charge in [0.15, 0.2) is 0 Å². The lowest BCUT2D eigenvalue weighted by Crippen LogP contribution is -2.45. The highest BCUT2D eigenvalue weighted by atomic mass is 32.2. The fraction of sp³-hybridized carbons (Fsp3) is 1.00. The van der Waals surface area contributed by atoms with Crippen LogP contribution in [0.3, 0.4) is 0 Å². The molecule has 1 heterocycles. The van der Waals surface area contributed by atoms with Crippen LogP contribution < -0.4 is 5.32 Å². The topological polar surface area (TPSA) is 12.0 Å². The van der Waals surface area contributed by atoms with Crippen molar-refractivity contribution >= 4 is 11.8 Å². The lowest BCUT2D eigenvalue weighted by molar-refractivity contribution is 0.217. The molecule has 1 aliphatic heterocycles. The minimum absolute atomic E-state index is 0.808. The molecule has 0 aromatic carbocycles. The second-order valence-electron chi connectivity index (χ2n) is 5.23. The van der Waals surface area contributed by atoms with Crippen LogP contribution in [0.5, 0.6) is 0 Å². The Bertz CT molecular complexity index is 177. The first-order valence-electron chi connectivity index (χ1n) is 6.09.